The van der Waals surface area contributed by atoms with Gasteiger partial charge < -0.3 is 5.11 Å². The molecule has 0 radical (unpaired) electrons. The van der Waals surface area contributed by atoms with Gasteiger partial charge in [0.2, 0.25) is 0 Å². The van der Waals surface area contributed by atoms with E-state index in [2.05, 4.69) is 0 Å². The summed E-state index contributed by atoms with van der Waals surface area (Å²) in [7, 11) is 0. The fraction of sp³-hybridized carbons (Fsp3) is 0.375. The zero-order chi connectivity index (χ0) is 7.56. The van der Waals surface area contributed by atoms with Gasteiger partial charge in [0, 0.05) is 5.57 Å². The number of rotatable bonds is 1. The largest absolute Gasteiger partial charge is 0.478 e. The minimum Gasteiger partial charge on any atom is -0.478 e. The lowest BCUT2D eigenvalue weighted by atomic mass is 9.94. The third kappa shape index (κ3) is 1.26. The molecule has 0 aliphatic heterocycles. The van der Waals surface area contributed by atoms with Crippen molar-refractivity contribution < 1.29 is 9.90 Å². The van der Waals surface area contributed by atoms with Gasteiger partial charge in [-0.15, -0.1) is 0 Å². The average molecular weight is 138 g/mol. The lowest BCUT2D eigenvalue weighted by Gasteiger charge is -2.11. The van der Waals surface area contributed by atoms with Crippen LogP contribution in [0.5, 0.6) is 0 Å². The number of aliphatic carboxylic acids is 1. The van der Waals surface area contributed by atoms with Crippen molar-refractivity contribution in [3.05, 3.63) is 23.8 Å². The van der Waals surface area contributed by atoms with Crippen molar-refractivity contribution in [1.29, 1.82) is 0 Å². The van der Waals surface area contributed by atoms with Gasteiger partial charge in [-0.3, -0.25) is 0 Å². The summed E-state index contributed by atoms with van der Waals surface area (Å²) in [4.78, 5) is 10.5. The highest BCUT2D eigenvalue weighted by Gasteiger charge is 2.15. The Morgan fingerprint density at radius 3 is 2.90 bits per heavy atom. The Morgan fingerprint density at radius 2 is 2.50 bits per heavy atom. The summed E-state index contributed by atoms with van der Waals surface area (Å²) >= 11 is 0. The van der Waals surface area contributed by atoms with Crippen molar-refractivity contribution in [3.63, 3.8) is 0 Å². The first-order valence-electron chi connectivity index (χ1n) is 3.32. The van der Waals surface area contributed by atoms with E-state index >= 15 is 0 Å². The predicted molar refractivity (Wildman–Crippen MR) is 38.6 cm³/mol. The number of allylic oxidation sites excluding steroid dienone is 3. The van der Waals surface area contributed by atoms with Gasteiger partial charge >= 0.3 is 5.97 Å². The second kappa shape index (κ2) is 2.69. The van der Waals surface area contributed by atoms with Crippen LogP contribution in [0.2, 0.25) is 0 Å². The van der Waals surface area contributed by atoms with Crippen LogP contribution >= 0.6 is 0 Å². The number of carbonyl (C=O) groups is 1. The van der Waals surface area contributed by atoms with Gasteiger partial charge in [-0.25, -0.2) is 4.79 Å². The number of carboxylic acid groups (broad SMARTS) is 1. The standard InChI is InChI=1S/C8H10O2/c1-6-4-2-3-5-7(6)8(9)10/h2-3,5-6H,4H2,1H3,(H,9,10)/t6-/m0/s1. The molecule has 0 aromatic rings. The quantitative estimate of drug-likeness (QED) is 0.597. The Balaban J connectivity index is 2.80. The molecule has 1 aliphatic rings. The maximum Gasteiger partial charge on any atom is 0.331 e. The molecule has 0 fully saturated rings. The van der Waals surface area contributed by atoms with E-state index in [1.54, 1.807) is 12.2 Å². The molecular weight excluding hydrogens is 128 g/mol. The van der Waals surface area contributed by atoms with Gasteiger partial charge in [-0.1, -0.05) is 25.2 Å². The van der Waals surface area contributed by atoms with Crippen LogP contribution in [0.3, 0.4) is 0 Å². The van der Waals surface area contributed by atoms with Crippen molar-refractivity contribution >= 4 is 5.97 Å². The Morgan fingerprint density at radius 1 is 1.80 bits per heavy atom. The predicted octanol–water partition coefficient (Wildman–Crippen LogP) is 1.59. The van der Waals surface area contributed by atoms with Gasteiger partial charge in [-0.05, 0) is 12.3 Å². The molecule has 0 amide bonds. The van der Waals surface area contributed by atoms with Crippen molar-refractivity contribution in [2.45, 2.75) is 13.3 Å². The van der Waals surface area contributed by atoms with Crippen LogP contribution in [0.1, 0.15) is 13.3 Å². The molecule has 54 valence electrons. The summed E-state index contributed by atoms with van der Waals surface area (Å²) in [6.07, 6.45) is 6.29. The van der Waals surface area contributed by atoms with Gasteiger partial charge in [0.05, 0.1) is 0 Å². The van der Waals surface area contributed by atoms with Gasteiger partial charge in [0.25, 0.3) is 0 Å². The zero-order valence-electron chi connectivity index (χ0n) is 5.87. The molecule has 0 spiro atoms. The first-order chi connectivity index (χ1) is 4.72. The Hall–Kier alpha value is -1.05. The molecule has 2 heteroatoms. The first kappa shape index (κ1) is 7.06. The maximum atomic E-state index is 10.5. The number of carboxylic acids is 1. The molecule has 0 aromatic heterocycles. The molecule has 1 N–H and O–H groups in total. The van der Waals surface area contributed by atoms with Crippen LogP contribution in [0.25, 0.3) is 0 Å². The highest BCUT2D eigenvalue weighted by molar-refractivity contribution is 5.87. The molecule has 0 unspecified atom stereocenters. The Bertz CT molecular complexity index is 201. The third-order valence-electron chi connectivity index (χ3n) is 1.68. The summed E-state index contributed by atoms with van der Waals surface area (Å²) < 4.78 is 0. The molecule has 0 heterocycles. The van der Waals surface area contributed by atoms with Gasteiger partial charge in [0.1, 0.15) is 0 Å². The molecule has 1 rings (SSSR count). The molecule has 0 aromatic carbocycles. The smallest absolute Gasteiger partial charge is 0.331 e. The summed E-state index contributed by atoms with van der Waals surface area (Å²) in [6, 6.07) is 0. The van der Waals surface area contributed by atoms with Crippen LogP contribution in [-0.4, -0.2) is 11.1 Å². The monoisotopic (exact) mass is 138 g/mol. The fourth-order valence-electron chi connectivity index (χ4n) is 1.03. The second-order valence-electron chi connectivity index (χ2n) is 2.49. The Kier molecular flexibility index (Phi) is 1.90. The van der Waals surface area contributed by atoms with E-state index in [1.807, 2.05) is 13.0 Å². The second-order valence-corrected chi connectivity index (χ2v) is 2.49. The molecular formula is C8H10O2. The number of hydrogen-bond donors (Lipinski definition) is 1. The summed E-state index contributed by atoms with van der Waals surface area (Å²) in [6.45, 7) is 1.92. The molecule has 0 saturated heterocycles. The van der Waals surface area contributed by atoms with Crippen molar-refractivity contribution in [2.24, 2.45) is 5.92 Å². The zero-order valence-corrected chi connectivity index (χ0v) is 5.87. The first-order valence-corrected chi connectivity index (χ1v) is 3.32. The molecule has 10 heavy (non-hydrogen) atoms. The average Bonchev–Trinajstić information content (AvgIpc) is 1.88. The van der Waals surface area contributed by atoms with Gasteiger partial charge in [0.15, 0.2) is 0 Å². The molecule has 0 saturated carbocycles. The fourth-order valence-corrected chi connectivity index (χ4v) is 1.03. The van der Waals surface area contributed by atoms with Crippen LogP contribution in [0, 0.1) is 5.92 Å². The number of hydrogen-bond acceptors (Lipinski definition) is 1. The lowest BCUT2D eigenvalue weighted by Crippen LogP contribution is -2.10. The van der Waals surface area contributed by atoms with E-state index in [9.17, 15) is 4.79 Å². The highest BCUT2D eigenvalue weighted by atomic mass is 16.4. The van der Waals surface area contributed by atoms with Crippen molar-refractivity contribution in [2.75, 3.05) is 0 Å². The van der Waals surface area contributed by atoms with E-state index in [-0.39, 0.29) is 5.92 Å². The van der Waals surface area contributed by atoms with E-state index in [0.717, 1.165) is 6.42 Å². The third-order valence-corrected chi connectivity index (χ3v) is 1.68. The molecule has 1 aliphatic carbocycles. The SMILES string of the molecule is C[C@H]1CC=CC=C1C(=O)O. The molecule has 1 atom stereocenters. The van der Waals surface area contributed by atoms with Crippen LogP contribution < -0.4 is 0 Å². The normalized spacial score (nSPS) is 24.1. The highest BCUT2D eigenvalue weighted by Crippen LogP contribution is 2.19. The molecule has 0 bridgehead atoms. The summed E-state index contributed by atoms with van der Waals surface area (Å²) in [5, 5.41) is 8.61. The minimum atomic E-state index is -0.795. The van der Waals surface area contributed by atoms with E-state index in [4.69, 9.17) is 5.11 Å². The van der Waals surface area contributed by atoms with Crippen LogP contribution in [-0.2, 0) is 4.79 Å². The van der Waals surface area contributed by atoms with Crippen molar-refractivity contribution in [3.8, 4) is 0 Å². The van der Waals surface area contributed by atoms with Crippen LogP contribution in [0.15, 0.2) is 23.8 Å². The van der Waals surface area contributed by atoms with E-state index in [0.29, 0.717) is 5.57 Å². The Labute approximate surface area is 59.9 Å². The van der Waals surface area contributed by atoms with Gasteiger partial charge in [-0.2, -0.15) is 0 Å². The minimum absolute atomic E-state index is 0.169. The van der Waals surface area contributed by atoms with Crippen molar-refractivity contribution in [1.82, 2.24) is 0 Å². The molecule has 2 nitrogen and oxygen atoms in total. The summed E-state index contributed by atoms with van der Waals surface area (Å²) in [5.41, 5.74) is 0.516. The van der Waals surface area contributed by atoms with Crippen LogP contribution in [0.4, 0.5) is 0 Å². The summed E-state index contributed by atoms with van der Waals surface area (Å²) in [5.74, 6) is -0.626. The topological polar surface area (TPSA) is 37.3 Å². The van der Waals surface area contributed by atoms with E-state index < -0.39 is 5.97 Å². The maximum absolute atomic E-state index is 10.5. The van der Waals surface area contributed by atoms with E-state index in [1.165, 1.54) is 0 Å². The lowest BCUT2D eigenvalue weighted by molar-refractivity contribution is -0.133.